The van der Waals surface area contributed by atoms with Gasteiger partial charge in [0, 0.05) is 10.7 Å². The molecule has 0 amide bonds. The van der Waals surface area contributed by atoms with Crippen molar-refractivity contribution < 1.29 is 0 Å². The first kappa shape index (κ1) is 15.0. The molecule has 0 bridgehead atoms. The average molecular weight is 354 g/mol. The molecule has 0 saturated heterocycles. The number of halogens is 2. The maximum atomic E-state index is 3.55. The molecule has 1 rings (SSSR count). The first-order chi connectivity index (χ1) is 7.83. The first-order valence-electron chi connectivity index (χ1n) is 6.95. The van der Waals surface area contributed by atoms with E-state index in [9.17, 15) is 0 Å². The highest BCUT2D eigenvalue weighted by Gasteiger charge is 2.30. The SMILES string of the molecule is BrCCCCC1(CCCCBr)CCCCC1. The van der Waals surface area contributed by atoms with Crippen LogP contribution in [0.1, 0.15) is 70.6 Å². The van der Waals surface area contributed by atoms with E-state index in [1.165, 1.54) is 81.3 Å². The molecule has 0 aliphatic heterocycles. The summed E-state index contributed by atoms with van der Waals surface area (Å²) in [7, 11) is 0. The van der Waals surface area contributed by atoms with Gasteiger partial charge in [0.1, 0.15) is 0 Å². The third-order valence-electron chi connectivity index (χ3n) is 4.10. The van der Waals surface area contributed by atoms with Crippen LogP contribution in [0.15, 0.2) is 0 Å². The summed E-state index contributed by atoms with van der Waals surface area (Å²) in [5, 5.41) is 2.37. The fourth-order valence-corrected chi connectivity index (χ4v) is 3.91. The predicted molar refractivity (Wildman–Crippen MR) is 80.8 cm³/mol. The van der Waals surface area contributed by atoms with Crippen molar-refractivity contribution in [2.45, 2.75) is 70.6 Å². The Morgan fingerprint density at radius 3 is 1.62 bits per heavy atom. The lowest BCUT2D eigenvalue weighted by Gasteiger charge is -2.38. The molecular weight excluding hydrogens is 328 g/mol. The predicted octanol–water partition coefficient (Wildman–Crippen LogP) is 6.07. The van der Waals surface area contributed by atoms with Gasteiger partial charge in [-0.3, -0.25) is 0 Å². The van der Waals surface area contributed by atoms with Crippen LogP contribution in [0.25, 0.3) is 0 Å². The Labute approximate surface area is 118 Å². The fraction of sp³-hybridized carbons (Fsp3) is 1.00. The summed E-state index contributed by atoms with van der Waals surface area (Å²) >= 11 is 7.10. The molecule has 1 saturated carbocycles. The van der Waals surface area contributed by atoms with Crippen molar-refractivity contribution in [1.82, 2.24) is 0 Å². The lowest BCUT2D eigenvalue weighted by atomic mass is 9.68. The topological polar surface area (TPSA) is 0 Å². The molecule has 96 valence electrons. The van der Waals surface area contributed by atoms with Gasteiger partial charge in [-0.2, -0.15) is 0 Å². The molecule has 1 fully saturated rings. The van der Waals surface area contributed by atoms with Gasteiger partial charge in [0.05, 0.1) is 0 Å². The van der Waals surface area contributed by atoms with Crippen LogP contribution in [0, 0.1) is 5.41 Å². The molecule has 1 aliphatic rings. The van der Waals surface area contributed by atoms with Gasteiger partial charge in [-0.05, 0) is 43.9 Å². The molecular formula is C14H26Br2. The number of hydrogen-bond acceptors (Lipinski definition) is 0. The van der Waals surface area contributed by atoms with Gasteiger partial charge >= 0.3 is 0 Å². The van der Waals surface area contributed by atoms with Crippen molar-refractivity contribution in [2.75, 3.05) is 10.7 Å². The van der Waals surface area contributed by atoms with Crippen LogP contribution in [0.4, 0.5) is 0 Å². The van der Waals surface area contributed by atoms with Crippen molar-refractivity contribution >= 4 is 31.9 Å². The summed E-state index contributed by atoms with van der Waals surface area (Å²) in [5.74, 6) is 0. The zero-order valence-corrected chi connectivity index (χ0v) is 13.6. The number of unbranched alkanes of at least 4 members (excludes halogenated alkanes) is 2. The molecule has 0 radical (unpaired) electrons. The minimum Gasteiger partial charge on any atom is -0.0928 e. The average Bonchev–Trinajstić information content (AvgIpc) is 2.31. The normalized spacial score (nSPS) is 19.9. The molecule has 0 heterocycles. The van der Waals surface area contributed by atoms with E-state index in [-0.39, 0.29) is 0 Å². The Balaban J connectivity index is 2.33. The monoisotopic (exact) mass is 352 g/mol. The van der Waals surface area contributed by atoms with Gasteiger partial charge in [-0.15, -0.1) is 0 Å². The van der Waals surface area contributed by atoms with Crippen LogP contribution in [0.2, 0.25) is 0 Å². The van der Waals surface area contributed by atoms with E-state index < -0.39 is 0 Å². The molecule has 0 aromatic rings. The molecule has 16 heavy (non-hydrogen) atoms. The Morgan fingerprint density at radius 2 is 1.19 bits per heavy atom. The number of rotatable bonds is 8. The van der Waals surface area contributed by atoms with Crippen LogP contribution >= 0.6 is 31.9 Å². The van der Waals surface area contributed by atoms with Crippen LogP contribution in [0.3, 0.4) is 0 Å². The van der Waals surface area contributed by atoms with Gasteiger partial charge in [0.15, 0.2) is 0 Å². The highest BCUT2D eigenvalue weighted by Crippen LogP contribution is 2.44. The Kier molecular flexibility index (Phi) is 8.42. The second kappa shape index (κ2) is 8.97. The van der Waals surface area contributed by atoms with E-state index in [1.807, 2.05) is 0 Å². The second-order valence-corrected chi connectivity index (χ2v) is 6.94. The largest absolute Gasteiger partial charge is 0.0928 e. The third kappa shape index (κ3) is 5.53. The maximum Gasteiger partial charge on any atom is 0.00313 e. The van der Waals surface area contributed by atoms with E-state index in [4.69, 9.17) is 0 Å². The van der Waals surface area contributed by atoms with E-state index in [2.05, 4.69) is 31.9 Å². The quantitative estimate of drug-likeness (QED) is 0.367. The minimum atomic E-state index is 0.739. The lowest BCUT2D eigenvalue weighted by Crippen LogP contribution is -2.24. The third-order valence-corrected chi connectivity index (χ3v) is 5.22. The molecule has 0 spiro atoms. The summed E-state index contributed by atoms with van der Waals surface area (Å²) in [6.45, 7) is 0. The molecule has 2 heteroatoms. The zero-order chi connectivity index (χ0) is 11.7. The molecule has 0 atom stereocenters. The smallest absolute Gasteiger partial charge is 0.00313 e. The minimum absolute atomic E-state index is 0.739. The maximum absolute atomic E-state index is 3.55. The molecule has 0 nitrogen and oxygen atoms in total. The van der Waals surface area contributed by atoms with Gasteiger partial charge < -0.3 is 0 Å². The van der Waals surface area contributed by atoms with E-state index in [1.54, 1.807) is 0 Å². The van der Waals surface area contributed by atoms with Crippen molar-refractivity contribution in [1.29, 1.82) is 0 Å². The Hall–Kier alpha value is 0.960. The van der Waals surface area contributed by atoms with Crippen LogP contribution < -0.4 is 0 Å². The molecule has 0 N–H and O–H groups in total. The van der Waals surface area contributed by atoms with E-state index in [0.717, 1.165) is 5.41 Å². The number of hydrogen-bond donors (Lipinski definition) is 0. The van der Waals surface area contributed by atoms with Crippen molar-refractivity contribution in [3.8, 4) is 0 Å². The summed E-state index contributed by atoms with van der Waals surface area (Å²) < 4.78 is 0. The van der Waals surface area contributed by atoms with Gasteiger partial charge in [0.25, 0.3) is 0 Å². The molecule has 0 aromatic heterocycles. The van der Waals surface area contributed by atoms with E-state index in [0.29, 0.717) is 0 Å². The van der Waals surface area contributed by atoms with Gasteiger partial charge in [0.2, 0.25) is 0 Å². The molecule has 0 aromatic carbocycles. The number of alkyl halides is 2. The molecule has 0 unspecified atom stereocenters. The summed E-state index contributed by atoms with van der Waals surface area (Å²) in [5.41, 5.74) is 0.739. The fourth-order valence-electron chi connectivity index (χ4n) is 3.12. The highest BCUT2D eigenvalue weighted by atomic mass is 79.9. The standard InChI is InChI=1S/C14H26Br2/c15-12-6-4-10-14(11-5-7-13-16)8-2-1-3-9-14/h1-13H2. The summed E-state index contributed by atoms with van der Waals surface area (Å²) in [4.78, 5) is 0. The van der Waals surface area contributed by atoms with Crippen LogP contribution in [-0.2, 0) is 0 Å². The zero-order valence-electron chi connectivity index (χ0n) is 10.4. The first-order valence-corrected chi connectivity index (χ1v) is 9.19. The molecule has 1 aliphatic carbocycles. The van der Waals surface area contributed by atoms with Crippen molar-refractivity contribution in [3.63, 3.8) is 0 Å². The van der Waals surface area contributed by atoms with Crippen molar-refractivity contribution in [2.24, 2.45) is 5.41 Å². The van der Waals surface area contributed by atoms with Crippen molar-refractivity contribution in [3.05, 3.63) is 0 Å². The summed E-state index contributed by atoms with van der Waals surface area (Å²) in [6, 6.07) is 0. The van der Waals surface area contributed by atoms with Gasteiger partial charge in [-0.25, -0.2) is 0 Å². The van der Waals surface area contributed by atoms with E-state index >= 15 is 0 Å². The Bertz CT molecular complexity index is 150. The highest BCUT2D eigenvalue weighted by molar-refractivity contribution is 9.09. The second-order valence-electron chi connectivity index (χ2n) is 5.35. The van der Waals surface area contributed by atoms with Gasteiger partial charge in [-0.1, -0.05) is 64.0 Å². The Morgan fingerprint density at radius 1 is 0.688 bits per heavy atom. The summed E-state index contributed by atoms with van der Waals surface area (Å²) in [6.07, 6.45) is 16.0. The lowest BCUT2D eigenvalue weighted by molar-refractivity contribution is 0.149. The van der Waals surface area contributed by atoms with Crippen LogP contribution in [-0.4, -0.2) is 10.7 Å². The van der Waals surface area contributed by atoms with Crippen LogP contribution in [0.5, 0.6) is 0 Å².